The van der Waals surface area contributed by atoms with Gasteiger partial charge in [0.15, 0.2) is 23.6 Å². The molecule has 0 saturated carbocycles. The molecule has 12 nitrogen and oxygen atoms in total. The van der Waals surface area contributed by atoms with E-state index in [4.69, 9.17) is 33.2 Å². The molecule has 0 spiro atoms. The van der Waals surface area contributed by atoms with E-state index in [-0.39, 0.29) is 18.0 Å². The molecule has 0 radical (unpaired) electrons. The van der Waals surface area contributed by atoms with E-state index in [1.54, 1.807) is 49.4 Å². The fourth-order valence-electron chi connectivity index (χ4n) is 5.67. The summed E-state index contributed by atoms with van der Waals surface area (Å²) in [6.45, 7) is 9.91. The second-order valence-electron chi connectivity index (χ2n) is 10.7. The Morgan fingerprint density at radius 1 is 0.864 bits per heavy atom. The van der Waals surface area contributed by atoms with Crippen molar-refractivity contribution >= 4 is 29.7 Å². The summed E-state index contributed by atoms with van der Waals surface area (Å²) in [7, 11) is 0. The second kappa shape index (κ2) is 12.7. The predicted molar refractivity (Wildman–Crippen MR) is 152 cm³/mol. The van der Waals surface area contributed by atoms with Crippen LogP contribution in [0.1, 0.15) is 68.6 Å². The van der Waals surface area contributed by atoms with E-state index < -0.39 is 59.7 Å². The zero-order chi connectivity index (χ0) is 32.4. The van der Waals surface area contributed by atoms with Gasteiger partial charge >= 0.3 is 23.9 Å². The normalized spacial score (nSPS) is 26.2. The van der Waals surface area contributed by atoms with Crippen LogP contribution < -0.4 is 4.74 Å². The molecule has 2 aromatic carbocycles. The van der Waals surface area contributed by atoms with Gasteiger partial charge < -0.3 is 33.2 Å². The summed E-state index contributed by atoms with van der Waals surface area (Å²) in [6.07, 6.45) is -5.49. The van der Waals surface area contributed by atoms with E-state index >= 15 is 0 Å². The van der Waals surface area contributed by atoms with Crippen LogP contribution in [0.25, 0.3) is 0 Å². The first kappa shape index (κ1) is 32.6. The number of aryl methyl sites for hydroxylation is 1. The van der Waals surface area contributed by atoms with E-state index in [2.05, 4.69) is 0 Å². The third-order valence-electron chi connectivity index (χ3n) is 7.54. The number of ketones is 1. The minimum atomic E-state index is -1.97. The summed E-state index contributed by atoms with van der Waals surface area (Å²) >= 11 is 0. The molecule has 0 amide bonds. The van der Waals surface area contributed by atoms with Gasteiger partial charge in [0, 0.05) is 44.4 Å². The van der Waals surface area contributed by atoms with Crippen molar-refractivity contribution < 1.29 is 57.1 Å². The molecule has 2 fully saturated rings. The SMILES string of the molecule is CCOc1ccc(C(=O)c2cc([C@]34OC[C@](C(C)OC(C)=O)(O3)[C@@H](OC(C)=O)[C@H](OC(C)=O)[C@H]4OC(C)=O)ccc2C)cc1. The molecule has 2 heterocycles. The molecule has 2 saturated heterocycles. The van der Waals surface area contributed by atoms with Crippen molar-refractivity contribution in [1.29, 1.82) is 0 Å². The second-order valence-corrected chi connectivity index (χ2v) is 10.7. The number of carbonyl (C=O) groups is 5. The van der Waals surface area contributed by atoms with Crippen LogP contribution in [-0.2, 0) is 53.4 Å². The first-order chi connectivity index (χ1) is 20.7. The fraction of sp³-hybridized carbons (Fsp3) is 0.469. The highest BCUT2D eigenvalue weighted by Gasteiger charge is 2.74. The third kappa shape index (κ3) is 6.18. The summed E-state index contributed by atoms with van der Waals surface area (Å²) in [4.78, 5) is 62.9. The molecule has 6 atom stereocenters. The van der Waals surface area contributed by atoms with E-state index in [1.165, 1.54) is 13.8 Å². The van der Waals surface area contributed by atoms with Crippen LogP contribution in [-0.4, -0.2) is 72.9 Å². The first-order valence-corrected chi connectivity index (χ1v) is 14.2. The average molecular weight is 613 g/mol. The lowest BCUT2D eigenvalue weighted by atomic mass is 9.80. The summed E-state index contributed by atoms with van der Waals surface area (Å²) < 4.78 is 40.9. The van der Waals surface area contributed by atoms with Gasteiger partial charge in [0.1, 0.15) is 11.9 Å². The Balaban J connectivity index is 1.90. The number of hydrogen-bond acceptors (Lipinski definition) is 12. The highest BCUT2D eigenvalue weighted by Crippen LogP contribution is 2.54. The highest BCUT2D eigenvalue weighted by atomic mass is 16.8. The zero-order valence-corrected chi connectivity index (χ0v) is 25.7. The highest BCUT2D eigenvalue weighted by molar-refractivity contribution is 6.10. The molecule has 1 unspecified atom stereocenters. The van der Waals surface area contributed by atoms with Crippen molar-refractivity contribution in [3.05, 3.63) is 64.7 Å². The number of esters is 4. The lowest BCUT2D eigenvalue weighted by molar-refractivity contribution is -0.340. The number of benzene rings is 2. The molecule has 236 valence electrons. The number of carbonyl (C=O) groups excluding carboxylic acids is 5. The molecule has 44 heavy (non-hydrogen) atoms. The van der Waals surface area contributed by atoms with Crippen molar-refractivity contribution in [3.8, 4) is 5.75 Å². The van der Waals surface area contributed by atoms with Gasteiger partial charge in [-0.25, -0.2) is 0 Å². The number of rotatable bonds is 10. The Morgan fingerprint density at radius 3 is 2.05 bits per heavy atom. The van der Waals surface area contributed by atoms with Gasteiger partial charge in [-0.3, -0.25) is 24.0 Å². The van der Waals surface area contributed by atoms with Crippen molar-refractivity contribution in [2.24, 2.45) is 0 Å². The quantitative estimate of drug-likeness (QED) is 0.220. The topological polar surface area (TPSA) is 150 Å². The van der Waals surface area contributed by atoms with Gasteiger partial charge in [0.05, 0.1) is 13.2 Å². The van der Waals surface area contributed by atoms with Gasteiger partial charge in [-0.1, -0.05) is 12.1 Å². The number of ether oxygens (including phenoxy) is 7. The van der Waals surface area contributed by atoms with E-state index in [1.807, 2.05) is 6.92 Å². The Morgan fingerprint density at radius 2 is 1.48 bits per heavy atom. The van der Waals surface area contributed by atoms with E-state index in [9.17, 15) is 24.0 Å². The van der Waals surface area contributed by atoms with Gasteiger partial charge in [-0.2, -0.15) is 0 Å². The number of fused-ring (bicyclic) bond motifs is 2. The van der Waals surface area contributed by atoms with Gasteiger partial charge in [0.25, 0.3) is 0 Å². The average Bonchev–Trinajstić information content (AvgIpc) is 3.32. The number of hydrogen-bond donors (Lipinski definition) is 0. The molecule has 0 aliphatic carbocycles. The molecular formula is C32H36O12. The Kier molecular flexibility index (Phi) is 9.45. The van der Waals surface area contributed by atoms with Crippen molar-refractivity contribution in [1.82, 2.24) is 0 Å². The van der Waals surface area contributed by atoms with Gasteiger partial charge in [0.2, 0.25) is 11.9 Å². The molecule has 12 heteroatoms. The van der Waals surface area contributed by atoms with Crippen molar-refractivity contribution in [2.45, 2.75) is 84.3 Å². The van der Waals surface area contributed by atoms with Crippen LogP contribution in [0.2, 0.25) is 0 Å². The van der Waals surface area contributed by atoms with E-state index in [0.717, 1.165) is 20.8 Å². The third-order valence-corrected chi connectivity index (χ3v) is 7.54. The van der Waals surface area contributed by atoms with Crippen LogP contribution in [0, 0.1) is 6.92 Å². The minimum absolute atomic E-state index is 0.249. The molecule has 2 aliphatic heterocycles. The fourth-order valence-corrected chi connectivity index (χ4v) is 5.67. The molecule has 2 aliphatic rings. The summed E-state index contributed by atoms with van der Waals surface area (Å²) in [5, 5.41) is 0. The van der Waals surface area contributed by atoms with Crippen molar-refractivity contribution in [3.63, 3.8) is 0 Å². The smallest absolute Gasteiger partial charge is 0.303 e. The monoisotopic (exact) mass is 612 g/mol. The molecule has 2 aromatic rings. The Bertz CT molecular complexity index is 1450. The molecule has 0 N–H and O–H groups in total. The van der Waals surface area contributed by atoms with Gasteiger partial charge in [-0.05, 0) is 56.7 Å². The summed E-state index contributed by atoms with van der Waals surface area (Å²) in [6, 6.07) is 11.5. The lowest BCUT2D eigenvalue weighted by Gasteiger charge is -2.50. The maximum Gasteiger partial charge on any atom is 0.303 e. The first-order valence-electron chi connectivity index (χ1n) is 14.2. The predicted octanol–water partition coefficient (Wildman–Crippen LogP) is 3.32. The van der Waals surface area contributed by atoms with Crippen LogP contribution >= 0.6 is 0 Å². The van der Waals surface area contributed by atoms with E-state index in [0.29, 0.717) is 29.0 Å². The molecule has 2 bridgehead atoms. The molecule has 4 rings (SSSR count). The Hall–Kier alpha value is -4.29. The van der Waals surface area contributed by atoms with Crippen molar-refractivity contribution in [2.75, 3.05) is 13.2 Å². The molecular weight excluding hydrogens is 576 g/mol. The largest absolute Gasteiger partial charge is 0.494 e. The minimum Gasteiger partial charge on any atom is -0.494 e. The van der Waals surface area contributed by atoms with Crippen LogP contribution in [0.15, 0.2) is 42.5 Å². The van der Waals surface area contributed by atoms with Crippen LogP contribution in [0.4, 0.5) is 0 Å². The summed E-state index contributed by atoms with van der Waals surface area (Å²) in [5.74, 6) is -4.63. The maximum atomic E-state index is 13.7. The standard InChI is InChI=1S/C32H36O12/c1-8-38-25-13-10-23(11-14-25)27(37)26-15-24(12-9-17(26)2)32-30(43-22(7)36)28(41-20(5)34)29(42-21(6)35)31(44-32,16-39-32)18(3)40-19(4)33/h9-15,18,28-30H,8,16H2,1-7H3/t18?,28-,29-,30+,31+,32-/m0/s1. The Labute approximate surface area is 254 Å². The zero-order valence-electron chi connectivity index (χ0n) is 25.7. The molecule has 0 aromatic heterocycles. The van der Waals surface area contributed by atoms with Crippen LogP contribution in [0.3, 0.4) is 0 Å². The summed E-state index contributed by atoms with van der Waals surface area (Å²) in [5.41, 5.74) is -0.135. The van der Waals surface area contributed by atoms with Crippen LogP contribution in [0.5, 0.6) is 5.75 Å². The van der Waals surface area contributed by atoms with Gasteiger partial charge in [-0.15, -0.1) is 0 Å². The maximum absolute atomic E-state index is 13.7. The lowest BCUT2D eigenvalue weighted by Crippen LogP contribution is -2.70.